The predicted molar refractivity (Wildman–Crippen MR) is 28.4 cm³/mol. The molecule has 3 nitrogen and oxygen atoms in total. The first-order valence-corrected chi connectivity index (χ1v) is 2.15. The molecule has 0 fully saturated rings. The van der Waals surface area contributed by atoms with Gasteiger partial charge < -0.3 is 9.58 Å². The molecule has 0 aromatic heterocycles. The maximum atomic E-state index is 10.3. The van der Waals surface area contributed by atoms with Gasteiger partial charge in [-0.25, -0.2) is 6.57 Å². The predicted octanol–water partition coefficient (Wildman–Crippen LogP) is 0.121. The van der Waals surface area contributed by atoms with E-state index < -0.39 is 0 Å². The summed E-state index contributed by atoms with van der Waals surface area (Å²) in [5.41, 5.74) is 0. The Bertz CT molecular complexity index is 114. The number of ether oxygens (including phenoxy) is 1. The molecule has 0 saturated carbocycles. The highest BCUT2D eigenvalue weighted by Crippen LogP contribution is 1.74. The third-order valence-electron chi connectivity index (χ3n) is 0.561. The minimum atomic E-state index is -0.164. The normalized spacial score (nSPS) is 8.00. The third kappa shape index (κ3) is 3.32. The van der Waals surface area contributed by atoms with Crippen LogP contribution in [0.4, 0.5) is 0 Å². The molecule has 0 radical (unpaired) electrons. The molecule has 0 aliphatic rings. The number of hydrogen-bond donors (Lipinski definition) is 0. The van der Waals surface area contributed by atoms with Gasteiger partial charge in [-0.15, -0.1) is 0 Å². The van der Waals surface area contributed by atoms with Crippen molar-refractivity contribution in [2.75, 3.05) is 20.3 Å². The molecule has 0 heterocycles. The Hall–Kier alpha value is -0.880. The van der Waals surface area contributed by atoms with Crippen molar-refractivity contribution in [3.63, 3.8) is 0 Å². The summed E-state index contributed by atoms with van der Waals surface area (Å²) in [5, 5.41) is 0. The van der Waals surface area contributed by atoms with E-state index in [0.717, 1.165) is 0 Å². The van der Waals surface area contributed by atoms with E-state index in [2.05, 4.69) is 9.58 Å². The number of ketones is 1. The van der Waals surface area contributed by atoms with Crippen molar-refractivity contribution in [2.45, 2.75) is 0 Å². The second-order valence-corrected chi connectivity index (χ2v) is 1.29. The average Bonchev–Trinajstić information content (AvgIpc) is 1.68. The monoisotopic (exact) mass is 113 g/mol. The van der Waals surface area contributed by atoms with Gasteiger partial charge in [0, 0.05) is 7.11 Å². The maximum Gasteiger partial charge on any atom is 0.274 e. The average molecular weight is 113 g/mol. The minimum Gasteiger partial charge on any atom is -0.377 e. The van der Waals surface area contributed by atoms with Crippen LogP contribution < -0.4 is 0 Å². The molecule has 0 rings (SSSR count). The van der Waals surface area contributed by atoms with Crippen molar-refractivity contribution >= 4 is 5.78 Å². The van der Waals surface area contributed by atoms with Crippen molar-refractivity contribution in [1.82, 2.24) is 0 Å². The van der Waals surface area contributed by atoms with Crippen LogP contribution >= 0.6 is 0 Å². The van der Waals surface area contributed by atoms with Crippen molar-refractivity contribution in [2.24, 2.45) is 0 Å². The van der Waals surface area contributed by atoms with Gasteiger partial charge in [-0.05, 0) is 0 Å². The lowest BCUT2D eigenvalue weighted by Gasteiger charge is -1.86. The van der Waals surface area contributed by atoms with E-state index in [0.29, 0.717) is 0 Å². The highest BCUT2D eigenvalue weighted by molar-refractivity contribution is 5.82. The number of carbonyl (C=O) groups excluding carboxylic acids is 1. The van der Waals surface area contributed by atoms with E-state index in [1.165, 1.54) is 7.11 Å². The minimum absolute atomic E-state index is 0.0579. The number of carbonyl (C=O) groups is 1. The Morgan fingerprint density at radius 2 is 2.50 bits per heavy atom. The van der Waals surface area contributed by atoms with Gasteiger partial charge in [-0.2, -0.15) is 0 Å². The molecule has 0 aromatic rings. The quantitative estimate of drug-likeness (QED) is 0.487. The summed E-state index contributed by atoms with van der Waals surface area (Å²) >= 11 is 0. The topological polar surface area (TPSA) is 30.7 Å². The Morgan fingerprint density at radius 1 is 1.88 bits per heavy atom. The highest BCUT2D eigenvalue weighted by Gasteiger charge is 2.00. The molecular formula is C5H7NO2. The second-order valence-electron chi connectivity index (χ2n) is 1.29. The first-order chi connectivity index (χ1) is 3.81. The Kier molecular flexibility index (Phi) is 3.81. The summed E-state index contributed by atoms with van der Waals surface area (Å²) in [7, 11) is 1.43. The summed E-state index contributed by atoms with van der Waals surface area (Å²) < 4.78 is 4.46. The summed E-state index contributed by atoms with van der Waals surface area (Å²) in [6.07, 6.45) is 0. The van der Waals surface area contributed by atoms with Gasteiger partial charge in [0.1, 0.15) is 6.61 Å². The van der Waals surface area contributed by atoms with Crippen LogP contribution in [0.2, 0.25) is 0 Å². The van der Waals surface area contributed by atoms with Crippen LogP contribution in [-0.2, 0) is 9.53 Å². The van der Waals surface area contributed by atoms with Crippen molar-refractivity contribution in [1.29, 1.82) is 0 Å². The fourth-order valence-electron chi connectivity index (χ4n) is 0.295. The summed E-state index contributed by atoms with van der Waals surface area (Å²) in [6.45, 7) is 6.26. The van der Waals surface area contributed by atoms with E-state index in [1.807, 2.05) is 0 Å². The van der Waals surface area contributed by atoms with Gasteiger partial charge in [-0.1, -0.05) is 0 Å². The van der Waals surface area contributed by atoms with Crippen LogP contribution in [0.1, 0.15) is 0 Å². The fourth-order valence-corrected chi connectivity index (χ4v) is 0.295. The molecule has 0 bridgehead atoms. The van der Waals surface area contributed by atoms with Gasteiger partial charge in [0.25, 0.3) is 6.54 Å². The lowest BCUT2D eigenvalue weighted by atomic mass is 10.4. The summed E-state index contributed by atoms with van der Waals surface area (Å²) in [5.74, 6) is -0.164. The van der Waals surface area contributed by atoms with Crippen molar-refractivity contribution in [3.05, 3.63) is 11.4 Å². The van der Waals surface area contributed by atoms with E-state index in [1.54, 1.807) is 0 Å². The van der Waals surface area contributed by atoms with E-state index in [4.69, 9.17) is 6.57 Å². The molecule has 0 spiro atoms. The molecule has 0 atom stereocenters. The second kappa shape index (κ2) is 4.28. The van der Waals surface area contributed by atoms with Crippen LogP contribution in [0.25, 0.3) is 4.85 Å². The SMILES string of the molecule is [C-]#[N+]CC(=O)COC. The number of hydrogen-bond acceptors (Lipinski definition) is 2. The zero-order chi connectivity index (χ0) is 6.41. The first kappa shape index (κ1) is 7.12. The molecule has 0 unspecified atom stereocenters. The smallest absolute Gasteiger partial charge is 0.274 e. The Balaban J connectivity index is 3.23. The van der Waals surface area contributed by atoms with Crippen LogP contribution in [0, 0.1) is 6.57 Å². The van der Waals surface area contributed by atoms with E-state index in [-0.39, 0.29) is 18.9 Å². The Morgan fingerprint density at radius 3 is 2.88 bits per heavy atom. The van der Waals surface area contributed by atoms with Crippen LogP contribution in [0.5, 0.6) is 0 Å². The number of nitrogens with zero attached hydrogens (tertiary/aromatic N) is 1. The molecule has 0 aromatic carbocycles. The molecule has 0 amide bonds. The molecule has 8 heavy (non-hydrogen) atoms. The standard InChI is InChI=1S/C5H7NO2/c1-6-3-5(7)4-8-2/h3-4H2,2H3. The number of methoxy groups -OCH3 is 1. The molecule has 0 aliphatic heterocycles. The number of Topliss-reactive ketones (excluding diaryl/α,β-unsaturated/α-hetero) is 1. The first-order valence-electron chi connectivity index (χ1n) is 2.15. The van der Waals surface area contributed by atoms with Gasteiger partial charge in [-0.3, -0.25) is 4.79 Å². The zero-order valence-electron chi connectivity index (χ0n) is 4.68. The summed E-state index contributed by atoms with van der Waals surface area (Å²) in [6, 6.07) is 0. The van der Waals surface area contributed by atoms with Crippen LogP contribution in [0.3, 0.4) is 0 Å². The largest absolute Gasteiger partial charge is 0.377 e. The molecule has 3 heteroatoms. The van der Waals surface area contributed by atoms with E-state index >= 15 is 0 Å². The Labute approximate surface area is 48.1 Å². The third-order valence-corrected chi connectivity index (χ3v) is 0.561. The van der Waals surface area contributed by atoms with E-state index in [9.17, 15) is 4.79 Å². The number of rotatable bonds is 3. The van der Waals surface area contributed by atoms with Crippen LogP contribution in [0.15, 0.2) is 0 Å². The fraction of sp³-hybridized carbons (Fsp3) is 0.600. The maximum absolute atomic E-state index is 10.3. The van der Waals surface area contributed by atoms with Crippen molar-refractivity contribution < 1.29 is 9.53 Å². The van der Waals surface area contributed by atoms with Crippen LogP contribution in [-0.4, -0.2) is 26.0 Å². The molecule has 44 valence electrons. The molecule has 0 N–H and O–H groups in total. The molecular weight excluding hydrogens is 106 g/mol. The molecule has 0 aliphatic carbocycles. The lowest BCUT2D eigenvalue weighted by molar-refractivity contribution is -0.120. The lowest BCUT2D eigenvalue weighted by Crippen LogP contribution is -2.08. The van der Waals surface area contributed by atoms with Crippen molar-refractivity contribution in [3.8, 4) is 0 Å². The summed E-state index contributed by atoms with van der Waals surface area (Å²) in [4.78, 5) is 13.2. The van der Waals surface area contributed by atoms with Gasteiger partial charge in [0.05, 0.1) is 0 Å². The van der Waals surface area contributed by atoms with Gasteiger partial charge >= 0.3 is 0 Å². The highest BCUT2D eigenvalue weighted by atomic mass is 16.5. The molecule has 0 saturated heterocycles. The van der Waals surface area contributed by atoms with Gasteiger partial charge in [0.15, 0.2) is 0 Å². The van der Waals surface area contributed by atoms with Gasteiger partial charge in [0.2, 0.25) is 5.78 Å². The zero-order valence-corrected chi connectivity index (χ0v) is 4.68.